The SMILES string of the molecule is CC(=O)NC(CC(=O)OCc1cc(=O)oc2cc(C)c(C)cc12)c1ccccc1. The molecule has 150 valence electrons. The van der Waals surface area contributed by atoms with Crippen molar-refractivity contribution in [1.82, 2.24) is 5.32 Å². The maximum absolute atomic E-state index is 12.4. The fourth-order valence-electron chi connectivity index (χ4n) is 3.17. The van der Waals surface area contributed by atoms with Gasteiger partial charge in [0.1, 0.15) is 12.2 Å². The lowest BCUT2D eigenvalue weighted by Crippen LogP contribution is -2.28. The smallest absolute Gasteiger partial charge is 0.336 e. The fourth-order valence-corrected chi connectivity index (χ4v) is 3.17. The number of hydrogen-bond donors (Lipinski definition) is 1. The number of fused-ring (bicyclic) bond motifs is 1. The van der Waals surface area contributed by atoms with Crippen molar-refractivity contribution >= 4 is 22.8 Å². The third-order valence-corrected chi connectivity index (χ3v) is 4.78. The molecule has 1 heterocycles. The number of aryl methyl sites for hydroxylation is 2. The molecule has 1 unspecified atom stereocenters. The number of hydrogen-bond acceptors (Lipinski definition) is 5. The van der Waals surface area contributed by atoms with Crippen molar-refractivity contribution < 1.29 is 18.7 Å². The molecule has 0 radical (unpaired) electrons. The van der Waals surface area contributed by atoms with Gasteiger partial charge < -0.3 is 14.5 Å². The van der Waals surface area contributed by atoms with Crippen LogP contribution in [0.1, 0.15) is 41.6 Å². The number of nitrogens with one attached hydrogen (secondary N) is 1. The first kappa shape index (κ1) is 20.3. The Bertz CT molecular complexity index is 1100. The van der Waals surface area contributed by atoms with Crippen LogP contribution < -0.4 is 10.9 Å². The van der Waals surface area contributed by atoms with E-state index in [0.717, 1.165) is 22.1 Å². The maximum atomic E-state index is 12.4. The van der Waals surface area contributed by atoms with Gasteiger partial charge in [-0.3, -0.25) is 9.59 Å². The van der Waals surface area contributed by atoms with Crippen LogP contribution >= 0.6 is 0 Å². The Morgan fingerprint density at radius 3 is 2.45 bits per heavy atom. The minimum Gasteiger partial charge on any atom is -0.461 e. The largest absolute Gasteiger partial charge is 0.461 e. The standard InChI is InChI=1S/C23H23NO5/c1-14-9-19-18(11-23(27)29-21(19)10-15(14)2)13-28-22(26)12-20(24-16(3)25)17-7-5-4-6-8-17/h4-11,20H,12-13H2,1-3H3,(H,24,25). The van der Waals surface area contributed by atoms with Crippen LogP contribution in [0.2, 0.25) is 0 Å². The molecule has 6 heteroatoms. The first-order valence-electron chi connectivity index (χ1n) is 9.35. The van der Waals surface area contributed by atoms with E-state index in [1.54, 1.807) is 6.07 Å². The van der Waals surface area contributed by atoms with Crippen molar-refractivity contribution in [1.29, 1.82) is 0 Å². The lowest BCUT2D eigenvalue weighted by atomic mass is 10.0. The summed E-state index contributed by atoms with van der Waals surface area (Å²) in [6.07, 6.45) is -0.0128. The molecule has 0 saturated heterocycles. The van der Waals surface area contributed by atoms with E-state index >= 15 is 0 Å². The van der Waals surface area contributed by atoms with Gasteiger partial charge in [-0.15, -0.1) is 0 Å². The minimum atomic E-state index is -0.493. The van der Waals surface area contributed by atoms with Crippen LogP contribution in [0, 0.1) is 13.8 Å². The molecule has 0 spiro atoms. The van der Waals surface area contributed by atoms with Gasteiger partial charge in [0.2, 0.25) is 5.91 Å². The molecule has 1 N–H and O–H groups in total. The van der Waals surface area contributed by atoms with E-state index in [9.17, 15) is 14.4 Å². The Kier molecular flexibility index (Phi) is 6.12. The quantitative estimate of drug-likeness (QED) is 0.510. The fraction of sp³-hybridized carbons (Fsp3) is 0.261. The van der Waals surface area contributed by atoms with Crippen LogP contribution in [0.25, 0.3) is 11.0 Å². The lowest BCUT2D eigenvalue weighted by molar-refractivity contribution is -0.145. The van der Waals surface area contributed by atoms with Crippen molar-refractivity contribution in [2.24, 2.45) is 0 Å². The van der Waals surface area contributed by atoms with E-state index < -0.39 is 17.6 Å². The Balaban J connectivity index is 1.77. The summed E-state index contributed by atoms with van der Waals surface area (Å²) in [6.45, 7) is 5.26. The molecule has 1 atom stereocenters. The van der Waals surface area contributed by atoms with Crippen LogP contribution in [0.15, 0.2) is 57.7 Å². The van der Waals surface area contributed by atoms with Crippen LogP contribution in [0.5, 0.6) is 0 Å². The summed E-state index contributed by atoms with van der Waals surface area (Å²) in [4.78, 5) is 35.8. The molecule has 29 heavy (non-hydrogen) atoms. The minimum absolute atomic E-state index is 0.0128. The predicted molar refractivity (Wildman–Crippen MR) is 109 cm³/mol. The Morgan fingerprint density at radius 2 is 1.76 bits per heavy atom. The van der Waals surface area contributed by atoms with Crippen LogP contribution in [-0.4, -0.2) is 11.9 Å². The summed E-state index contributed by atoms with van der Waals surface area (Å²) in [6, 6.07) is 13.8. The molecule has 0 bridgehead atoms. The van der Waals surface area contributed by atoms with Gasteiger partial charge in [0.25, 0.3) is 0 Å². The monoisotopic (exact) mass is 393 g/mol. The molecular weight excluding hydrogens is 370 g/mol. The summed E-state index contributed by atoms with van der Waals surface area (Å²) in [5.74, 6) is -0.706. The van der Waals surface area contributed by atoms with Crippen molar-refractivity contribution in [2.45, 2.75) is 39.8 Å². The molecule has 6 nitrogen and oxygen atoms in total. The molecular formula is C23H23NO5. The molecule has 0 fully saturated rings. The highest BCUT2D eigenvalue weighted by molar-refractivity contribution is 5.82. The summed E-state index contributed by atoms with van der Waals surface area (Å²) >= 11 is 0. The molecule has 3 aromatic rings. The third-order valence-electron chi connectivity index (χ3n) is 4.78. The zero-order valence-corrected chi connectivity index (χ0v) is 16.7. The van der Waals surface area contributed by atoms with Crippen molar-refractivity contribution in [3.05, 3.63) is 81.2 Å². The van der Waals surface area contributed by atoms with E-state index in [1.807, 2.05) is 50.2 Å². The number of carbonyl (C=O) groups is 2. The van der Waals surface area contributed by atoms with E-state index in [4.69, 9.17) is 9.15 Å². The number of esters is 1. The summed E-state index contributed by atoms with van der Waals surface area (Å²) in [7, 11) is 0. The molecule has 0 aliphatic heterocycles. The molecule has 3 rings (SSSR count). The highest BCUT2D eigenvalue weighted by Crippen LogP contribution is 2.23. The van der Waals surface area contributed by atoms with Crippen molar-refractivity contribution in [2.75, 3.05) is 0 Å². The van der Waals surface area contributed by atoms with Crippen molar-refractivity contribution in [3.63, 3.8) is 0 Å². The van der Waals surface area contributed by atoms with E-state index in [1.165, 1.54) is 13.0 Å². The number of benzene rings is 2. The Hall–Kier alpha value is -3.41. The lowest BCUT2D eigenvalue weighted by Gasteiger charge is -2.18. The highest BCUT2D eigenvalue weighted by atomic mass is 16.5. The van der Waals surface area contributed by atoms with E-state index in [2.05, 4.69) is 5.32 Å². The number of rotatable bonds is 6. The zero-order chi connectivity index (χ0) is 21.0. The Morgan fingerprint density at radius 1 is 1.07 bits per heavy atom. The van der Waals surface area contributed by atoms with Crippen LogP contribution in [-0.2, 0) is 20.9 Å². The first-order valence-corrected chi connectivity index (χ1v) is 9.35. The molecule has 1 amide bonds. The molecule has 1 aromatic heterocycles. The maximum Gasteiger partial charge on any atom is 0.336 e. The molecule has 0 saturated carbocycles. The van der Waals surface area contributed by atoms with Gasteiger partial charge in [-0.05, 0) is 42.7 Å². The first-order chi connectivity index (χ1) is 13.8. The molecule has 2 aromatic carbocycles. The number of amides is 1. The average molecular weight is 393 g/mol. The topological polar surface area (TPSA) is 85.6 Å². The third kappa shape index (κ3) is 5.10. The molecule has 0 aliphatic rings. The van der Waals surface area contributed by atoms with E-state index in [-0.39, 0.29) is 18.9 Å². The van der Waals surface area contributed by atoms with Gasteiger partial charge >= 0.3 is 11.6 Å². The summed E-state index contributed by atoms with van der Waals surface area (Å²) in [5, 5.41) is 3.51. The van der Waals surface area contributed by atoms with Gasteiger partial charge in [0.15, 0.2) is 0 Å². The highest BCUT2D eigenvalue weighted by Gasteiger charge is 2.18. The van der Waals surface area contributed by atoms with Gasteiger partial charge in [0.05, 0.1) is 12.5 Å². The van der Waals surface area contributed by atoms with Crippen molar-refractivity contribution in [3.8, 4) is 0 Å². The molecule has 0 aliphatic carbocycles. The second-order valence-electron chi connectivity index (χ2n) is 7.05. The number of ether oxygens (including phenoxy) is 1. The normalized spacial score (nSPS) is 11.8. The Labute approximate surface area is 168 Å². The summed E-state index contributed by atoms with van der Waals surface area (Å²) < 4.78 is 10.7. The van der Waals surface area contributed by atoms with Crippen LogP contribution in [0.3, 0.4) is 0 Å². The van der Waals surface area contributed by atoms with Gasteiger partial charge in [-0.25, -0.2) is 4.79 Å². The van der Waals surface area contributed by atoms with Crippen LogP contribution in [0.4, 0.5) is 0 Å². The number of carbonyl (C=O) groups excluding carboxylic acids is 2. The zero-order valence-electron chi connectivity index (χ0n) is 16.7. The average Bonchev–Trinajstić information content (AvgIpc) is 2.67. The van der Waals surface area contributed by atoms with Gasteiger partial charge in [-0.2, -0.15) is 0 Å². The second-order valence-corrected chi connectivity index (χ2v) is 7.05. The predicted octanol–water partition coefficient (Wildman–Crippen LogP) is 3.72. The summed E-state index contributed by atoms with van der Waals surface area (Å²) in [5.41, 5.74) is 3.43. The second kappa shape index (κ2) is 8.73. The van der Waals surface area contributed by atoms with Gasteiger partial charge in [0, 0.05) is 23.9 Å². The van der Waals surface area contributed by atoms with Gasteiger partial charge in [-0.1, -0.05) is 30.3 Å². The van der Waals surface area contributed by atoms with E-state index in [0.29, 0.717) is 11.1 Å².